The number of likely N-dealkylation sites (N-methyl/N-ethyl adjacent to an activating group) is 1. The largest absolute Gasteiger partial charge is 0.348 e. The number of nitrogens with zero attached hydrogens (tertiary/aromatic N) is 1. The standard InChI is InChI=1S/C23H31N3O2/c1-17(2)14-21(19-8-6-5-7-9-19)25-23(28)16-26(4)15-22(27)24-20-12-10-18(3)11-13-20/h5-13,17,21H,14-16H2,1-4H3,(H,24,27)(H,25,28)/t21-/m0/s1. The van der Waals surface area contributed by atoms with Gasteiger partial charge in [0.25, 0.3) is 0 Å². The highest BCUT2D eigenvalue weighted by Gasteiger charge is 2.18. The Morgan fingerprint density at radius 2 is 1.54 bits per heavy atom. The molecular formula is C23H31N3O2. The van der Waals surface area contributed by atoms with Crippen molar-refractivity contribution in [1.82, 2.24) is 10.2 Å². The third-order valence-electron chi connectivity index (χ3n) is 4.41. The van der Waals surface area contributed by atoms with E-state index in [1.165, 1.54) is 0 Å². The second-order valence-corrected chi connectivity index (χ2v) is 7.75. The predicted molar refractivity (Wildman–Crippen MR) is 114 cm³/mol. The van der Waals surface area contributed by atoms with E-state index < -0.39 is 0 Å². The zero-order valence-electron chi connectivity index (χ0n) is 17.2. The molecule has 0 saturated heterocycles. The molecule has 0 spiro atoms. The Hall–Kier alpha value is -2.66. The van der Waals surface area contributed by atoms with Gasteiger partial charge in [-0.3, -0.25) is 14.5 Å². The summed E-state index contributed by atoms with van der Waals surface area (Å²) in [6.07, 6.45) is 0.868. The lowest BCUT2D eigenvalue weighted by molar-refractivity contribution is -0.123. The van der Waals surface area contributed by atoms with Crippen molar-refractivity contribution in [1.29, 1.82) is 0 Å². The van der Waals surface area contributed by atoms with E-state index in [-0.39, 0.29) is 30.9 Å². The smallest absolute Gasteiger partial charge is 0.238 e. The summed E-state index contributed by atoms with van der Waals surface area (Å²) in [5.74, 6) is 0.240. The first-order valence-electron chi connectivity index (χ1n) is 9.73. The SMILES string of the molecule is Cc1ccc(NC(=O)CN(C)CC(=O)N[C@@H](CC(C)C)c2ccccc2)cc1. The quantitative estimate of drug-likeness (QED) is 0.695. The third-order valence-corrected chi connectivity index (χ3v) is 4.41. The van der Waals surface area contributed by atoms with E-state index >= 15 is 0 Å². The van der Waals surface area contributed by atoms with Crippen molar-refractivity contribution in [2.75, 3.05) is 25.5 Å². The zero-order valence-corrected chi connectivity index (χ0v) is 17.2. The van der Waals surface area contributed by atoms with Gasteiger partial charge < -0.3 is 10.6 Å². The maximum Gasteiger partial charge on any atom is 0.238 e. The molecule has 2 aromatic rings. The first-order valence-corrected chi connectivity index (χ1v) is 9.73. The van der Waals surface area contributed by atoms with E-state index in [9.17, 15) is 9.59 Å². The van der Waals surface area contributed by atoms with Crippen molar-refractivity contribution < 1.29 is 9.59 Å². The van der Waals surface area contributed by atoms with Gasteiger partial charge in [-0.1, -0.05) is 61.9 Å². The molecule has 5 heteroatoms. The summed E-state index contributed by atoms with van der Waals surface area (Å²) in [7, 11) is 1.77. The van der Waals surface area contributed by atoms with Crippen molar-refractivity contribution in [2.45, 2.75) is 33.2 Å². The normalized spacial score (nSPS) is 12.1. The maximum atomic E-state index is 12.5. The number of carbonyl (C=O) groups is 2. The van der Waals surface area contributed by atoms with Crippen LogP contribution in [-0.2, 0) is 9.59 Å². The van der Waals surface area contributed by atoms with Crippen LogP contribution in [0.4, 0.5) is 5.69 Å². The zero-order chi connectivity index (χ0) is 20.5. The fourth-order valence-corrected chi connectivity index (χ4v) is 3.06. The highest BCUT2D eigenvalue weighted by atomic mass is 16.2. The summed E-state index contributed by atoms with van der Waals surface area (Å²) < 4.78 is 0. The second-order valence-electron chi connectivity index (χ2n) is 7.75. The number of hydrogen-bond acceptors (Lipinski definition) is 3. The molecule has 2 rings (SSSR count). The van der Waals surface area contributed by atoms with Crippen LogP contribution in [0, 0.1) is 12.8 Å². The first-order chi connectivity index (χ1) is 13.3. The van der Waals surface area contributed by atoms with Crippen LogP contribution in [0.3, 0.4) is 0 Å². The topological polar surface area (TPSA) is 61.4 Å². The number of rotatable bonds is 9. The number of amides is 2. The summed E-state index contributed by atoms with van der Waals surface area (Å²) in [5, 5.41) is 5.97. The molecule has 0 aromatic heterocycles. The molecule has 0 unspecified atom stereocenters. The summed E-state index contributed by atoms with van der Waals surface area (Å²) in [4.78, 5) is 26.4. The number of anilines is 1. The Bertz CT molecular complexity index is 757. The molecule has 2 N–H and O–H groups in total. The van der Waals surface area contributed by atoms with E-state index in [0.717, 1.165) is 23.2 Å². The monoisotopic (exact) mass is 381 g/mol. The van der Waals surface area contributed by atoms with Gasteiger partial charge in [-0.2, -0.15) is 0 Å². The molecule has 0 saturated carbocycles. The van der Waals surface area contributed by atoms with Crippen molar-refractivity contribution >= 4 is 17.5 Å². The highest BCUT2D eigenvalue weighted by molar-refractivity contribution is 5.92. The molecule has 28 heavy (non-hydrogen) atoms. The lowest BCUT2D eigenvalue weighted by Crippen LogP contribution is -2.40. The van der Waals surface area contributed by atoms with Crippen LogP contribution in [0.25, 0.3) is 0 Å². The minimum absolute atomic E-state index is 0.0246. The van der Waals surface area contributed by atoms with Gasteiger partial charge in [-0.15, -0.1) is 0 Å². The number of nitrogens with one attached hydrogen (secondary N) is 2. The van der Waals surface area contributed by atoms with E-state index in [2.05, 4.69) is 24.5 Å². The van der Waals surface area contributed by atoms with Gasteiger partial charge in [-0.05, 0) is 44.0 Å². The Labute approximate surface area is 168 Å². The van der Waals surface area contributed by atoms with Crippen LogP contribution in [0.2, 0.25) is 0 Å². The number of carbonyl (C=O) groups excluding carboxylic acids is 2. The van der Waals surface area contributed by atoms with Crippen molar-refractivity contribution in [3.05, 3.63) is 65.7 Å². The number of aryl methyl sites for hydroxylation is 1. The molecule has 0 bridgehead atoms. The van der Waals surface area contributed by atoms with Gasteiger partial charge in [-0.25, -0.2) is 0 Å². The molecule has 150 valence electrons. The van der Waals surface area contributed by atoms with Gasteiger partial charge in [0.2, 0.25) is 11.8 Å². The maximum absolute atomic E-state index is 12.5. The van der Waals surface area contributed by atoms with Crippen LogP contribution in [0.1, 0.15) is 37.4 Å². The molecule has 1 atom stereocenters. The molecule has 0 aliphatic rings. The molecule has 2 aromatic carbocycles. The van der Waals surface area contributed by atoms with Gasteiger partial charge in [0.15, 0.2) is 0 Å². The predicted octanol–water partition coefficient (Wildman–Crippen LogP) is 3.77. The Morgan fingerprint density at radius 1 is 0.929 bits per heavy atom. The van der Waals surface area contributed by atoms with Gasteiger partial charge in [0.1, 0.15) is 0 Å². The van der Waals surface area contributed by atoms with Gasteiger partial charge in [0, 0.05) is 5.69 Å². The molecule has 5 nitrogen and oxygen atoms in total. The van der Waals surface area contributed by atoms with Crippen molar-refractivity contribution in [3.8, 4) is 0 Å². The van der Waals surface area contributed by atoms with Gasteiger partial charge in [0.05, 0.1) is 19.1 Å². The van der Waals surface area contributed by atoms with E-state index in [1.54, 1.807) is 11.9 Å². The Balaban J connectivity index is 1.86. The Morgan fingerprint density at radius 3 is 2.14 bits per heavy atom. The molecule has 0 aliphatic heterocycles. The van der Waals surface area contributed by atoms with Crippen molar-refractivity contribution in [2.24, 2.45) is 5.92 Å². The fraction of sp³-hybridized carbons (Fsp3) is 0.391. The van der Waals surface area contributed by atoms with E-state index in [4.69, 9.17) is 0 Å². The molecule has 0 heterocycles. The molecular weight excluding hydrogens is 350 g/mol. The molecule has 0 fully saturated rings. The minimum atomic E-state index is -0.138. The average Bonchev–Trinajstić information content (AvgIpc) is 2.63. The van der Waals surface area contributed by atoms with Crippen LogP contribution in [0.5, 0.6) is 0 Å². The van der Waals surface area contributed by atoms with Crippen molar-refractivity contribution in [3.63, 3.8) is 0 Å². The number of hydrogen-bond donors (Lipinski definition) is 2. The van der Waals surface area contributed by atoms with Crippen LogP contribution < -0.4 is 10.6 Å². The minimum Gasteiger partial charge on any atom is -0.348 e. The van der Waals surface area contributed by atoms with Crippen LogP contribution in [0.15, 0.2) is 54.6 Å². The average molecular weight is 382 g/mol. The van der Waals surface area contributed by atoms with E-state index in [1.807, 2.05) is 61.5 Å². The lowest BCUT2D eigenvalue weighted by atomic mass is 9.97. The first kappa shape index (κ1) is 21.6. The summed E-state index contributed by atoms with van der Waals surface area (Å²) >= 11 is 0. The molecule has 2 amide bonds. The second kappa shape index (κ2) is 10.6. The molecule has 0 radical (unpaired) electrons. The van der Waals surface area contributed by atoms with Crippen LogP contribution in [-0.4, -0.2) is 36.9 Å². The van der Waals surface area contributed by atoms with Gasteiger partial charge >= 0.3 is 0 Å². The Kier molecular flexibility index (Phi) is 8.20. The lowest BCUT2D eigenvalue weighted by Gasteiger charge is -2.23. The summed E-state index contributed by atoms with van der Waals surface area (Å²) in [6, 6.07) is 17.6. The van der Waals surface area contributed by atoms with Crippen LogP contribution >= 0.6 is 0 Å². The highest BCUT2D eigenvalue weighted by Crippen LogP contribution is 2.21. The van der Waals surface area contributed by atoms with E-state index in [0.29, 0.717) is 5.92 Å². The third kappa shape index (κ3) is 7.53. The number of benzene rings is 2. The summed E-state index contributed by atoms with van der Waals surface area (Å²) in [5.41, 5.74) is 3.00. The molecule has 0 aliphatic carbocycles. The summed E-state index contributed by atoms with van der Waals surface area (Å²) in [6.45, 7) is 6.61. The fourth-order valence-electron chi connectivity index (χ4n) is 3.06.